The summed E-state index contributed by atoms with van der Waals surface area (Å²) in [6.45, 7) is 8.21. The third-order valence-electron chi connectivity index (χ3n) is 4.88. The number of nitrogens with two attached hydrogens (primary N) is 1. The van der Waals surface area contributed by atoms with E-state index in [-0.39, 0.29) is 5.54 Å². The van der Waals surface area contributed by atoms with Gasteiger partial charge in [-0.15, -0.1) is 0 Å². The first kappa shape index (κ1) is 13.4. The molecule has 0 radical (unpaired) electrons. The van der Waals surface area contributed by atoms with E-state index in [2.05, 4.69) is 18.7 Å². The van der Waals surface area contributed by atoms with Gasteiger partial charge in [-0.2, -0.15) is 0 Å². The van der Waals surface area contributed by atoms with E-state index < -0.39 is 0 Å². The van der Waals surface area contributed by atoms with Crippen LogP contribution < -0.4 is 5.73 Å². The molecule has 0 aromatic heterocycles. The molecule has 0 unspecified atom stereocenters. The van der Waals surface area contributed by atoms with Crippen molar-refractivity contribution in [2.45, 2.75) is 70.8 Å². The maximum atomic E-state index is 6.03. The number of piperidine rings is 1. The molecule has 1 heterocycles. The van der Waals surface area contributed by atoms with Crippen LogP contribution in [-0.4, -0.2) is 30.1 Å². The van der Waals surface area contributed by atoms with E-state index in [0.29, 0.717) is 0 Å². The van der Waals surface area contributed by atoms with E-state index in [9.17, 15) is 0 Å². The lowest BCUT2D eigenvalue weighted by molar-refractivity contribution is 0.106. The standard InChI is InChI=1S/C15H30N2/c1-14(2,16)6-5-11-17-12-9-15(10-13-17)7-3-4-8-15/h3-13,16H2,1-2H3. The number of nitrogens with zero attached hydrogens (tertiary/aromatic N) is 1. The minimum Gasteiger partial charge on any atom is -0.326 e. The second-order valence-corrected chi connectivity index (χ2v) is 7.14. The lowest BCUT2D eigenvalue weighted by Gasteiger charge is -2.39. The van der Waals surface area contributed by atoms with Gasteiger partial charge >= 0.3 is 0 Å². The SMILES string of the molecule is CC(C)(N)CCCN1CCC2(CCCC2)CC1. The molecule has 1 aliphatic carbocycles. The summed E-state index contributed by atoms with van der Waals surface area (Å²) in [5.74, 6) is 0. The Labute approximate surface area is 107 Å². The molecule has 1 saturated heterocycles. The summed E-state index contributed by atoms with van der Waals surface area (Å²) >= 11 is 0. The average molecular weight is 238 g/mol. The minimum absolute atomic E-state index is 0.0163. The van der Waals surface area contributed by atoms with Gasteiger partial charge in [0.2, 0.25) is 0 Å². The Morgan fingerprint density at radius 3 is 2.18 bits per heavy atom. The van der Waals surface area contributed by atoms with E-state index in [0.717, 1.165) is 11.8 Å². The van der Waals surface area contributed by atoms with Gasteiger partial charge in [0.1, 0.15) is 0 Å². The van der Waals surface area contributed by atoms with E-state index in [1.807, 2.05) is 0 Å². The zero-order valence-corrected chi connectivity index (χ0v) is 11.8. The van der Waals surface area contributed by atoms with Crippen molar-refractivity contribution in [3.63, 3.8) is 0 Å². The van der Waals surface area contributed by atoms with Gasteiger partial charge in [-0.3, -0.25) is 0 Å². The normalized spacial score (nSPS) is 25.6. The fraction of sp³-hybridized carbons (Fsp3) is 1.00. The zero-order valence-electron chi connectivity index (χ0n) is 11.8. The van der Waals surface area contributed by atoms with Gasteiger partial charge in [-0.1, -0.05) is 12.8 Å². The number of hydrogen-bond donors (Lipinski definition) is 1. The van der Waals surface area contributed by atoms with E-state index in [1.54, 1.807) is 0 Å². The first-order chi connectivity index (χ1) is 7.99. The van der Waals surface area contributed by atoms with Crippen molar-refractivity contribution in [2.24, 2.45) is 11.1 Å². The van der Waals surface area contributed by atoms with Gasteiger partial charge in [0.15, 0.2) is 0 Å². The fourth-order valence-electron chi connectivity index (χ4n) is 3.63. The van der Waals surface area contributed by atoms with Crippen molar-refractivity contribution >= 4 is 0 Å². The summed E-state index contributed by atoms with van der Waals surface area (Å²) in [6, 6.07) is 0. The van der Waals surface area contributed by atoms with Crippen LogP contribution >= 0.6 is 0 Å². The molecule has 100 valence electrons. The smallest absolute Gasteiger partial charge is 0.00975 e. The maximum Gasteiger partial charge on any atom is 0.00975 e. The van der Waals surface area contributed by atoms with Crippen LogP contribution in [0.25, 0.3) is 0 Å². The van der Waals surface area contributed by atoms with Crippen molar-refractivity contribution in [2.75, 3.05) is 19.6 Å². The summed E-state index contributed by atoms with van der Waals surface area (Å²) in [5, 5.41) is 0. The van der Waals surface area contributed by atoms with E-state index in [1.165, 1.54) is 64.6 Å². The quantitative estimate of drug-likeness (QED) is 0.815. The van der Waals surface area contributed by atoms with Crippen molar-refractivity contribution in [1.29, 1.82) is 0 Å². The monoisotopic (exact) mass is 238 g/mol. The van der Waals surface area contributed by atoms with Crippen molar-refractivity contribution in [1.82, 2.24) is 4.90 Å². The molecule has 0 aromatic carbocycles. The highest BCUT2D eigenvalue weighted by Gasteiger charge is 2.36. The Hall–Kier alpha value is -0.0800. The lowest BCUT2D eigenvalue weighted by atomic mass is 9.77. The van der Waals surface area contributed by atoms with E-state index >= 15 is 0 Å². The van der Waals surface area contributed by atoms with Crippen LogP contribution in [0.1, 0.15) is 65.2 Å². The molecule has 1 spiro atoms. The van der Waals surface area contributed by atoms with Crippen molar-refractivity contribution in [3.05, 3.63) is 0 Å². The molecule has 2 aliphatic rings. The predicted molar refractivity (Wildman–Crippen MR) is 74.1 cm³/mol. The van der Waals surface area contributed by atoms with Gasteiger partial charge < -0.3 is 10.6 Å². The third-order valence-corrected chi connectivity index (χ3v) is 4.88. The Kier molecular flexibility index (Phi) is 4.14. The minimum atomic E-state index is 0.0163. The molecular formula is C15H30N2. The van der Waals surface area contributed by atoms with Crippen LogP contribution in [0.5, 0.6) is 0 Å². The lowest BCUT2D eigenvalue weighted by Crippen LogP contribution is -2.40. The van der Waals surface area contributed by atoms with Crippen LogP contribution in [0, 0.1) is 5.41 Å². The molecule has 0 atom stereocenters. The Morgan fingerprint density at radius 1 is 1.06 bits per heavy atom. The Bertz CT molecular complexity index is 226. The highest BCUT2D eigenvalue weighted by Crippen LogP contribution is 2.46. The Balaban J connectivity index is 1.65. The molecule has 2 fully saturated rings. The summed E-state index contributed by atoms with van der Waals surface area (Å²) < 4.78 is 0. The molecule has 2 rings (SSSR count). The highest BCUT2D eigenvalue weighted by atomic mass is 15.1. The Morgan fingerprint density at radius 2 is 1.65 bits per heavy atom. The molecule has 1 saturated carbocycles. The average Bonchev–Trinajstić information content (AvgIpc) is 2.68. The van der Waals surface area contributed by atoms with Gasteiger partial charge in [0.25, 0.3) is 0 Å². The number of hydrogen-bond acceptors (Lipinski definition) is 2. The van der Waals surface area contributed by atoms with Crippen LogP contribution in [0.15, 0.2) is 0 Å². The molecule has 1 aliphatic heterocycles. The van der Waals surface area contributed by atoms with Crippen LogP contribution in [0.2, 0.25) is 0 Å². The predicted octanol–water partition coefficient (Wildman–Crippen LogP) is 3.16. The van der Waals surface area contributed by atoms with Gasteiger partial charge in [-0.05, 0) is 77.4 Å². The molecular weight excluding hydrogens is 208 g/mol. The van der Waals surface area contributed by atoms with Crippen molar-refractivity contribution in [3.8, 4) is 0 Å². The maximum absolute atomic E-state index is 6.03. The molecule has 0 aromatic rings. The topological polar surface area (TPSA) is 29.3 Å². The summed E-state index contributed by atoms with van der Waals surface area (Å²) in [4.78, 5) is 2.66. The first-order valence-corrected chi connectivity index (χ1v) is 7.51. The van der Waals surface area contributed by atoms with Crippen molar-refractivity contribution < 1.29 is 0 Å². The molecule has 2 heteroatoms. The first-order valence-electron chi connectivity index (χ1n) is 7.51. The van der Waals surface area contributed by atoms with Gasteiger partial charge in [-0.25, -0.2) is 0 Å². The molecule has 2 nitrogen and oxygen atoms in total. The summed E-state index contributed by atoms with van der Waals surface area (Å²) in [7, 11) is 0. The van der Waals surface area contributed by atoms with E-state index in [4.69, 9.17) is 5.73 Å². The number of likely N-dealkylation sites (tertiary alicyclic amines) is 1. The van der Waals surface area contributed by atoms with Gasteiger partial charge in [0.05, 0.1) is 0 Å². The molecule has 17 heavy (non-hydrogen) atoms. The third kappa shape index (κ3) is 3.96. The zero-order chi connectivity index (χ0) is 12.4. The highest BCUT2D eigenvalue weighted by molar-refractivity contribution is 4.89. The van der Waals surface area contributed by atoms with Gasteiger partial charge in [0, 0.05) is 5.54 Å². The summed E-state index contributed by atoms with van der Waals surface area (Å²) in [5.41, 5.74) is 6.81. The van der Waals surface area contributed by atoms with Crippen LogP contribution in [-0.2, 0) is 0 Å². The molecule has 0 bridgehead atoms. The summed E-state index contributed by atoms with van der Waals surface area (Å²) in [6.07, 6.45) is 11.3. The molecule has 2 N–H and O–H groups in total. The number of rotatable bonds is 4. The second-order valence-electron chi connectivity index (χ2n) is 7.14. The van der Waals surface area contributed by atoms with Crippen LogP contribution in [0.4, 0.5) is 0 Å². The largest absolute Gasteiger partial charge is 0.326 e. The molecule has 0 amide bonds. The second kappa shape index (κ2) is 5.27. The fourth-order valence-corrected chi connectivity index (χ4v) is 3.63. The van der Waals surface area contributed by atoms with Crippen LogP contribution in [0.3, 0.4) is 0 Å².